The highest BCUT2D eigenvalue weighted by Gasteiger charge is 2.43. The number of hydrogen-bond acceptors (Lipinski definition) is 3. The smallest absolute Gasteiger partial charge is 0.322 e. The lowest BCUT2D eigenvalue weighted by Gasteiger charge is -2.36. The molecule has 2 unspecified atom stereocenters. The van der Waals surface area contributed by atoms with E-state index in [0.29, 0.717) is 17.1 Å². The van der Waals surface area contributed by atoms with E-state index in [2.05, 4.69) is 0 Å². The van der Waals surface area contributed by atoms with E-state index in [1.807, 2.05) is 0 Å². The number of halogens is 2. The third kappa shape index (κ3) is 2.77. The molecule has 0 amide bonds. The van der Waals surface area contributed by atoms with Crippen molar-refractivity contribution in [2.45, 2.75) is 30.7 Å². The van der Waals surface area contributed by atoms with Crippen molar-refractivity contribution in [1.29, 1.82) is 0 Å². The van der Waals surface area contributed by atoms with E-state index in [4.69, 9.17) is 0 Å². The van der Waals surface area contributed by atoms with Crippen molar-refractivity contribution in [3.05, 3.63) is 29.8 Å². The highest BCUT2D eigenvalue weighted by Crippen LogP contribution is 2.31. The minimum atomic E-state index is -4.55. The molecule has 2 rings (SSSR count). The summed E-state index contributed by atoms with van der Waals surface area (Å²) in [6, 6.07) is 1.40. The molecular formula is C13H15F2NO4S. The molecule has 1 aliphatic heterocycles. The average molecular weight is 319 g/mol. The maximum atomic E-state index is 13.7. The maximum absolute atomic E-state index is 13.7. The predicted octanol–water partition coefficient (Wildman–Crippen LogP) is 1.84. The van der Waals surface area contributed by atoms with Gasteiger partial charge in [0, 0.05) is 6.54 Å². The van der Waals surface area contributed by atoms with Crippen LogP contribution in [0.25, 0.3) is 0 Å². The fraction of sp³-hybridized carbons (Fsp3) is 0.462. The first-order valence-electron chi connectivity index (χ1n) is 6.45. The van der Waals surface area contributed by atoms with E-state index in [1.165, 1.54) is 0 Å². The lowest BCUT2D eigenvalue weighted by Crippen LogP contribution is -2.52. The Bertz CT molecular complexity index is 642. The second kappa shape index (κ2) is 5.69. The number of hydrogen-bond donors (Lipinski definition) is 1. The Morgan fingerprint density at radius 1 is 1.33 bits per heavy atom. The van der Waals surface area contributed by atoms with Crippen molar-refractivity contribution in [2.75, 3.05) is 6.54 Å². The van der Waals surface area contributed by atoms with Crippen molar-refractivity contribution >= 4 is 16.0 Å². The van der Waals surface area contributed by atoms with Crippen LogP contribution in [0, 0.1) is 17.6 Å². The third-order valence-corrected chi connectivity index (χ3v) is 5.56. The Labute approximate surface area is 121 Å². The molecule has 116 valence electrons. The van der Waals surface area contributed by atoms with Crippen LogP contribution in [0.5, 0.6) is 0 Å². The molecule has 1 aliphatic rings. The van der Waals surface area contributed by atoms with Crippen molar-refractivity contribution < 1.29 is 27.1 Å². The molecule has 21 heavy (non-hydrogen) atoms. The Morgan fingerprint density at radius 3 is 2.43 bits per heavy atom. The molecule has 1 saturated heterocycles. The number of benzene rings is 1. The summed E-state index contributed by atoms with van der Waals surface area (Å²) in [5, 5.41) is 9.23. The van der Waals surface area contributed by atoms with E-state index in [-0.39, 0.29) is 6.54 Å². The molecule has 0 bridgehead atoms. The molecule has 1 fully saturated rings. The van der Waals surface area contributed by atoms with Gasteiger partial charge in [-0.3, -0.25) is 4.79 Å². The van der Waals surface area contributed by atoms with Crippen LogP contribution in [0.4, 0.5) is 8.78 Å². The molecule has 1 aromatic carbocycles. The molecule has 5 nitrogen and oxygen atoms in total. The van der Waals surface area contributed by atoms with E-state index in [0.717, 1.165) is 18.2 Å². The Kier molecular flexibility index (Phi) is 4.29. The third-order valence-electron chi connectivity index (χ3n) is 3.63. The minimum absolute atomic E-state index is 0.0720. The Morgan fingerprint density at radius 2 is 1.90 bits per heavy atom. The monoisotopic (exact) mass is 319 g/mol. The van der Waals surface area contributed by atoms with Gasteiger partial charge in [0.1, 0.15) is 17.7 Å². The van der Waals surface area contributed by atoms with Crippen LogP contribution in [-0.4, -0.2) is 36.4 Å². The summed E-state index contributed by atoms with van der Waals surface area (Å²) in [5.41, 5.74) is 0. The van der Waals surface area contributed by atoms with Crippen LogP contribution < -0.4 is 0 Å². The first kappa shape index (κ1) is 15.8. The molecular weight excluding hydrogens is 304 g/mol. The number of rotatable bonds is 3. The highest BCUT2D eigenvalue weighted by molar-refractivity contribution is 7.89. The van der Waals surface area contributed by atoms with Crippen LogP contribution in [0.1, 0.15) is 19.8 Å². The zero-order valence-electron chi connectivity index (χ0n) is 11.3. The fourth-order valence-electron chi connectivity index (χ4n) is 2.63. The SMILES string of the molecule is CC1CCCN(S(=O)(=O)c2c(F)cccc2F)C1C(=O)O. The Hall–Kier alpha value is -1.54. The van der Waals surface area contributed by atoms with Crippen molar-refractivity contribution in [2.24, 2.45) is 5.92 Å². The van der Waals surface area contributed by atoms with Gasteiger partial charge in [0.2, 0.25) is 10.0 Å². The molecule has 2 atom stereocenters. The molecule has 1 heterocycles. The van der Waals surface area contributed by atoms with Gasteiger partial charge in [-0.05, 0) is 30.9 Å². The molecule has 0 aliphatic carbocycles. The van der Waals surface area contributed by atoms with Crippen LogP contribution in [0.15, 0.2) is 23.1 Å². The molecule has 0 aromatic heterocycles. The van der Waals surface area contributed by atoms with Gasteiger partial charge in [0.25, 0.3) is 0 Å². The minimum Gasteiger partial charge on any atom is -0.480 e. The van der Waals surface area contributed by atoms with Crippen LogP contribution in [0.2, 0.25) is 0 Å². The van der Waals surface area contributed by atoms with Gasteiger partial charge in [-0.2, -0.15) is 4.31 Å². The molecule has 0 radical (unpaired) electrons. The quantitative estimate of drug-likeness (QED) is 0.922. The number of aliphatic carboxylic acids is 1. The predicted molar refractivity (Wildman–Crippen MR) is 70.1 cm³/mol. The summed E-state index contributed by atoms with van der Waals surface area (Å²) in [5.74, 6) is -4.20. The average Bonchev–Trinajstić information content (AvgIpc) is 2.37. The summed E-state index contributed by atoms with van der Waals surface area (Å²) < 4.78 is 53.1. The second-order valence-corrected chi connectivity index (χ2v) is 6.90. The van der Waals surface area contributed by atoms with Gasteiger partial charge in [-0.25, -0.2) is 17.2 Å². The van der Waals surface area contributed by atoms with Gasteiger partial charge < -0.3 is 5.11 Å². The summed E-state index contributed by atoms with van der Waals surface area (Å²) >= 11 is 0. The Balaban J connectivity index is 2.54. The molecule has 1 N–H and O–H groups in total. The molecule has 1 aromatic rings. The van der Waals surface area contributed by atoms with Crippen molar-refractivity contribution in [1.82, 2.24) is 4.31 Å². The van der Waals surface area contributed by atoms with Gasteiger partial charge in [-0.1, -0.05) is 13.0 Å². The highest BCUT2D eigenvalue weighted by atomic mass is 32.2. The summed E-state index contributed by atoms with van der Waals surface area (Å²) in [4.78, 5) is 10.2. The lowest BCUT2D eigenvalue weighted by molar-refractivity contribution is -0.144. The lowest BCUT2D eigenvalue weighted by atomic mass is 9.93. The largest absolute Gasteiger partial charge is 0.480 e. The van der Waals surface area contributed by atoms with E-state index in [1.54, 1.807) is 6.92 Å². The van der Waals surface area contributed by atoms with E-state index < -0.39 is 44.5 Å². The van der Waals surface area contributed by atoms with Crippen LogP contribution in [0.3, 0.4) is 0 Å². The van der Waals surface area contributed by atoms with E-state index >= 15 is 0 Å². The molecule has 0 saturated carbocycles. The van der Waals surface area contributed by atoms with Gasteiger partial charge >= 0.3 is 5.97 Å². The zero-order valence-corrected chi connectivity index (χ0v) is 12.1. The van der Waals surface area contributed by atoms with Crippen LogP contribution >= 0.6 is 0 Å². The van der Waals surface area contributed by atoms with Gasteiger partial charge in [0.15, 0.2) is 4.90 Å². The standard InChI is InChI=1S/C13H15F2NO4S/c1-8-4-3-7-16(11(8)13(17)18)21(19,20)12-9(14)5-2-6-10(12)15/h2,5-6,8,11H,3-4,7H2,1H3,(H,17,18). The number of nitrogens with zero attached hydrogens (tertiary/aromatic N) is 1. The number of sulfonamides is 1. The van der Waals surface area contributed by atoms with Crippen molar-refractivity contribution in [3.8, 4) is 0 Å². The zero-order chi connectivity index (χ0) is 15.8. The second-order valence-electron chi connectivity index (χ2n) is 5.07. The first-order chi connectivity index (χ1) is 9.76. The summed E-state index contributed by atoms with van der Waals surface area (Å²) in [6.07, 6.45) is 0.989. The summed E-state index contributed by atoms with van der Waals surface area (Å²) in [7, 11) is -4.55. The normalized spacial score (nSPS) is 24.0. The van der Waals surface area contributed by atoms with E-state index in [9.17, 15) is 27.1 Å². The van der Waals surface area contributed by atoms with Gasteiger partial charge in [-0.15, -0.1) is 0 Å². The maximum Gasteiger partial charge on any atom is 0.322 e. The van der Waals surface area contributed by atoms with Crippen LogP contribution in [-0.2, 0) is 14.8 Å². The van der Waals surface area contributed by atoms with Crippen molar-refractivity contribution in [3.63, 3.8) is 0 Å². The topological polar surface area (TPSA) is 74.7 Å². The summed E-state index contributed by atoms with van der Waals surface area (Å²) in [6.45, 7) is 1.54. The number of piperidine rings is 1. The number of carboxylic acids is 1. The molecule has 8 heteroatoms. The molecule has 0 spiro atoms. The fourth-order valence-corrected chi connectivity index (χ4v) is 4.46. The van der Waals surface area contributed by atoms with Gasteiger partial charge in [0.05, 0.1) is 0 Å². The first-order valence-corrected chi connectivity index (χ1v) is 7.89. The number of carbonyl (C=O) groups is 1. The number of carboxylic acid groups (broad SMARTS) is 1.